The van der Waals surface area contributed by atoms with Crippen molar-refractivity contribution in [3.8, 4) is 11.5 Å². The monoisotopic (exact) mass is 278 g/mol. The lowest BCUT2D eigenvalue weighted by molar-refractivity contribution is 0.151. The molecule has 1 aromatic rings. The number of aromatic hydroxyl groups is 1. The van der Waals surface area contributed by atoms with Gasteiger partial charge in [0, 0.05) is 37.8 Å². The number of phenols is 1. The van der Waals surface area contributed by atoms with E-state index in [1.807, 2.05) is 18.2 Å². The largest absolute Gasteiger partial charge is 0.504 e. The summed E-state index contributed by atoms with van der Waals surface area (Å²) in [5.41, 5.74) is 0.986. The van der Waals surface area contributed by atoms with Crippen LogP contribution in [0.15, 0.2) is 18.2 Å². The van der Waals surface area contributed by atoms with E-state index in [2.05, 4.69) is 24.1 Å². The average Bonchev–Trinajstić information content (AvgIpc) is 2.46. The summed E-state index contributed by atoms with van der Waals surface area (Å²) in [6.45, 7) is 8.53. The molecule has 4 nitrogen and oxygen atoms in total. The van der Waals surface area contributed by atoms with Gasteiger partial charge >= 0.3 is 0 Å². The molecule has 4 heteroatoms. The molecule has 0 aromatic heterocycles. The zero-order chi connectivity index (χ0) is 14.5. The van der Waals surface area contributed by atoms with Crippen LogP contribution in [0.5, 0.6) is 11.5 Å². The maximum absolute atomic E-state index is 10.4. The smallest absolute Gasteiger partial charge is 0.162 e. The number of phenolic OH excluding ortho intramolecular Hbond substituents is 1. The normalized spacial score (nSPS) is 18.2. The molecule has 1 aliphatic rings. The van der Waals surface area contributed by atoms with E-state index in [0.717, 1.165) is 38.2 Å². The Balaban J connectivity index is 2.30. The van der Waals surface area contributed by atoms with Gasteiger partial charge in [-0.25, -0.2) is 0 Å². The first kappa shape index (κ1) is 15.1. The Labute approximate surface area is 121 Å². The summed E-state index contributed by atoms with van der Waals surface area (Å²) in [5, 5.41) is 13.8. The Morgan fingerprint density at radius 1 is 1.30 bits per heavy atom. The molecule has 2 rings (SSSR count). The lowest BCUT2D eigenvalue weighted by Gasteiger charge is -2.36. The van der Waals surface area contributed by atoms with E-state index >= 15 is 0 Å². The Morgan fingerprint density at radius 3 is 2.60 bits per heavy atom. The van der Waals surface area contributed by atoms with Crippen molar-refractivity contribution in [2.75, 3.05) is 33.3 Å². The number of hydrogen-bond donors (Lipinski definition) is 2. The Hall–Kier alpha value is -1.26. The van der Waals surface area contributed by atoms with Crippen LogP contribution in [-0.2, 0) is 0 Å². The van der Waals surface area contributed by atoms with Crippen molar-refractivity contribution in [3.63, 3.8) is 0 Å². The summed E-state index contributed by atoms with van der Waals surface area (Å²) in [6.07, 6.45) is 1.04. The number of ether oxygens (including phenoxy) is 1. The predicted octanol–water partition coefficient (Wildman–Crippen LogP) is 2.39. The number of para-hydroxylation sites is 1. The van der Waals surface area contributed by atoms with E-state index < -0.39 is 0 Å². The fourth-order valence-electron chi connectivity index (χ4n) is 2.89. The minimum atomic E-state index is 0.257. The molecular weight excluding hydrogens is 252 g/mol. The van der Waals surface area contributed by atoms with Crippen LogP contribution >= 0.6 is 0 Å². The molecule has 1 fully saturated rings. The fourth-order valence-corrected chi connectivity index (χ4v) is 2.89. The van der Waals surface area contributed by atoms with Gasteiger partial charge in [0.1, 0.15) is 0 Å². The zero-order valence-electron chi connectivity index (χ0n) is 12.7. The van der Waals surface area contributed by atoms with Gasteiger partial charge in [0.2, 0.25) is 0 Å². The number of nitrogens with one attached hydrogen (secondary N) is 1. The van der Waals surface area contributed by atoms with Crippen molar-refractivity contribution in [1.82, 2.24) is 10.2 Å². The molecule has 0 saturated carbocycles. The highest BCUT2D eigenvalue weighted by Crippen LogP contribution is 2.38. The third-order valence-electron chi connectivity index (χ3n) is 3.90. The van der Waals surface area contributed by atoms with E-state index in [-0.39, 0.29) is 6.04 Å². The molecule has 0 spiro atoms. The number of benzene rings is 1. The highest BCUT2D eigenvalue weighted by molar-refractivity contribution is 5.47. The first-order valence-corrected chi connectivity index (χ1v) is 7.44. The quantitative estimate of drug-likeness (QED) is 0.868. The maximum Gasteiger partial charge on any atom is 0.162 e. The van der Waals surface area contributed by atoms with Crippen molar-refractivity contribution < 1.29 is 9.84 Å². The minimum absolute atomic E-state index is 0.257. The topological polar surface area (TPSA) is 44.7 Å². The average molecular weight is 278 g/mol. The number of rotatable bonds is 5. The number of piperazine rings is 1. The van der Waals surface area contributed by atoms with Crippen molar-refractivity contribution in [1.29, 1.82) is 0 Å². The molecule has 0 bridgehead atoms. The van der Waals surface area contributed by atoms with Gasteiger partial charge in [0.15, 0.2) is 11.5 Å². The van der Waals surface area contributed by atoms with Gasteiger partial charge in [-0.2, -0.15) is 0 Å². The molecule has 2 N–H and O–H groups in total. The first-order chi connectivity index (χ1) is 9.63. The molecule has 1 aromatic carbocycles. The summed E-state index contributed by atoms with van der Waals surface area (Å²) in [4.78, 5) is 2.46. The number of methoxy groups -OCH3 is 1. The number of hydrogen-bond acceptors (Lipinski definition) is 4. The summed E-state index contributed by atoms with van der Waals surface area (Å²) in [5.74, 6) is 1.44. The molecule has 0 amide bonds. The van der Waals surface area contributed by atoms with Gasteiger partial charge in [-0.05, 0) is 18.4 Å². The van der Waals surface area contributed by atoms with Crippen LogP contribution in [0.4, 0.5) is 0 Å². The summed E-state index contributed by atoms with van der Waals surface area (Å²) < 4.78 is 5.25. The van der Waals surface area contributed by atoms with Gasteiger partial charge in [-0.15, -0.1) is 0 Å². The second-order valence-electron chi connectivity index (χ2n) is 5.83. The SMILES string of the molecule is COc1cccc([C@H](CC(C)C)N2CCNCC2)c1O. The lowest BCUT2D eigenvalue weighted by atomic mass is 9.94. The van der Waals surface area contributed by atoms with E-state index in [0.29, 0.717) is 17.4 Å². The number of nitrogens with zero attached hydrogens (tertiary/aromatic N) is 1. The van der Waals surface area contributed by atoms with E-state index in [4.69, 9.17) is 4.74 Å². The zero-order valence-corrected chi connectivity index (χ0v) is 12.7. The fraction of sp³-hybridized carbons (Fsp3) is 0.625. The lowest BCUT2D eigenvalue weighted by Crippen LogP contribution is -2.45. The van der Waals surface area contributed by atoms with E-state index in [1.165, 1.54) is 0 Å². The highest BCUT2D eigenvalue weighted by Gasteiger charge is 2.26. The van der Waals surface area contributed by atoms with Crippen LogP contribution in [0, 0.1) is 5.92 Å². The van der Waals surface area contributed by atoms with Crippen LogP contribution in [0.1, 0.15) is 31.9 Å². The standard InChI is InChI=1S/C16H26N2O2/c1-12(2)11-14(18-9-7-17-8-10-18)13-5-4-6-15(20-3)16(13)19/h4-6,12,14,17,19H,7-11H2,1-3H3/t14-/m0/s1. The first-order valence-electron chi connectivity index (χ1n) is 7.44. The van der Waals surface area contributed by atoms with Crippen molar-refractivity contribution in [3.05, 3.63) is 23.8 Å². The molecule has 1 atom stereocenters. The summed E-state index contributed by atoms with van der Waals surface area (Å²) in [6, 6.07) is 6.05. The van der Waals surface area contributed by atoms with Gasteiger partial charge in [-0.3, -0.25) is 4.90 Å². The van der Waals surface area contributed by atoms with Crippen molar-refractivity contribution in [2.24, 2.45) is 5.92 Å². The van der Waals surface area contributed by atoms with Gasteiger partial charge in [0.25, 0.3) is 0 Å². The highest BCUT2D eigenvalue weighted by atomic mass is 16.5. The molecular formula is C16H26N2O2. The van der Waals surface area contributed by atoms with Gasteiger partial charge in [-0.1, -0.05) is 26.0 Å². The molecule has 1 aliphatic heterocycles. The van der Waals surface area contributed by atoms with Gasteiger partial charge < -0.3 is 15.2 Å². The molecule has 0 unspecified atom stereocenters. The molecule has 0 radical (unpaired) electrons. The molecule has 1 saturated heterocycles. The third kappa shape index (κ3) is 3.44. The maximum atomic E-state index is 10.4. The van der Waals surface area contributed by atoms with Crippen LogP contribution in [0.25, 0.3) is 0 Å². The molecule has 0 aliphatic carbocycles. The van der Waals surface area contributed by atoms with Crippen LogP contribution in [0.2, 0.25) is 0 Å². The van der Waals surface area contributed by atoms with E-state index in [9.17, 15) is 5.11 Å². The van der Waals surface area contributed by atoms with Crippen LogP contribution in [-0.4, -0.2) is 43.3 Å². The van der Waals surface area contributed by atoms with Crippen molar-refractivity contribution >= 4 is 0 Å². The molecule has 1 heterocycles. The summed E-state index contributed by atoms with van der Waals surface area (Å²) >= 11 is 0. The van der Waals surface area contributed by atoms with Crippen molar-refractivity contribution in [2.45, 2.75) is 26.3 Å². The van der Waals surface area contributed by atoms with Crippen LogP contribution < -0.4 is 10.1 Å². The predicted molar refractivity (Wildman–Crippen MR) is 81.3 cm³/mol. The van der Waals surface area contributed by atoms with Crippen LogP contribution in [0.3, 0.4) is 0 Å². The summed E-state index contributed by atoms with van der Waals surface area (Å²) in [7, 11) is 1.60. The second-order valence-corrected chi connectivity index (χ2v) is 5.83. The third-order valence-corrected chi connectivity index (χ3v) is 3.90. The van der Waals surface area contributed by atoms with E-state index in [1.54, 1.807) is 7.11 Å². The van der Waals surface area contributed by atoms with Gasteiger partial charge in [0.05, 0.1) is 7.11 Å². The Morgan fingerprint density at radius 2 is 2.00 bits per heavy atom. The minimum Gasteiger partial charge on any atom is -0.504 e. The second kappa shape index (κ2) is 6.95. The Bertz CT molecular complexity index is 428. The Kier molecular flexibility index (Phi) is 5.26. The molecule has 20 heavy (non-hydrogen) atoms. The molecule has 112 valence electrons.